The molecule has 0 unspecified atom stereocenters. The van der Waals surface area contributed by atoms with Crippen LogP contribution in [0.1, 0.15) is 45.1 Å². The van der Waals surface area contributed by atoms with Crippen LogP contribution < -0.4 is 16.8 Å². The number of nitrogens with one attached hydrogen (secondary N) is 1. The number of nitrogens with two attached hydrogens (primary N) is 2. The van der Waals surface area contributed by atoms with Crippen LogP contribution >= 0.6 is 0 Å². The Labute approximate surface area is 143 Å². The van der Waals surface area contributed by atoms with Gasteiger partial charge in [0.1, 0.15) is 18.4 Å². The number of Topliss-reactive ketones (excluding diaryl/α,β-unsaturated/α-hetero) is 2. The van der Waals surface area contributed by atoms with Crippen molar-refractivity contribution in [3.63, 3.8) is 0 Å². The van der Waals surface area contributed by atoms with E-state index in [0.717, 1.165) is 0 Å². The molecule has 2 aliphatic rings. The summed E-state index contributed by atoms with van der Waals surface area (Å²) in [5.41, 5.74) is 12.5. The summed E-state index contributed by atoms with van der Waals surface area (Å²) < 4.78 is 12.2. The van der Waals surface area contributed by atoms with Crippen molar-refractivity contribution in [2.24, 2.45) is 11.5 Å². The van der Waals surface area contributed by atoms with Crippen LogP contribution in [0, 0.1) is 0 Å². The number of nitrogens with zero attached hydrogens (tertiary/aromatic N) is 1. The number of hydrogen-bond acceptors (Lipinski definition) is 7. The fourth-order valence-electron chi connectivity index (χ4n) is 3.58. The molecule has 0 saturated carbocycles. The Morgan fingerprint density at radius 3 is 2.60 bits per heavy atom. The van der Waals surface area contributed by atoms with Crippen LogP contribution in [0.25, 0.3) is 0 Å². The van der Waals surface area contributed by atoms with Crippen LogP contribution in [0.5, 0.6) is 0 Å². The maximum absolute atomic E-state index is 12.8. The molecule has 3 rings (SSSR count). The summed E-state index contributed by atoms with van der Waals surface area (Å²) in [5, 5.41) is 3.13. The van der Waals surface area contributed by atoms with E-state index in [9.17, 15) is 14.4 Å². The second kappa shape index (κ2) is 6.01. The minimum absolute atomic E-state index is 0.0934. The number of fused-ring (bicyclic) bond motifs is 3. The number of carbonyl (C=O) groups is 3. The van der Waals surface area contributed by atoms with Gasteiger partial charge in [-0.25, -0.2) is 4.79 Å². The van der Waals surface area contributed by atoms with Crippen molar-refractivity contribution in [3.8, 4) is 0 Å². The molecular weight excluding hydrogens is 328 g/mol. The summed E-state index contributed by atoms with van der Waals surface area (Å²) in [6.45, 7) is 1.73. The standard InChI is InChI=1S/C16H20N4O5/c1-6-10(17)14(22)9-7(5-25-16(18)23)11-15(24-3)8(19-2)4-20(11)12(9)13(6)21/h8,15,19H,4-5,17H2,1-3H3,(H2,18,23)/t8-,15-/m0/s1. The molecule has 9 heteroatoms. The molecule has 1 aliphatic heterocycles. The smallest absolute Gasteiger partial charge is 0.404 e. The van der Waals surface area contributed by atoms with Crippen molar-refractivity contribution in [1.82, 2.24) is 9.88 Å². The molecule has 25 heavy (non-hydrogen) atoms. The van der Waals surface area contributed by atoms with Crippen LogP contribution in [0.15, 0.2) is 11.3 Å². The lowest BCUT2D eigenvalue weighted by molar-refractivity contribution is 0.0784. The van der Waals surface area contributed by atoms with Gasteiger partial charge in [-0.1, -0.05) is 0 Å². The van der Waals surface area contributed by atoms with Gasteiger partial charge in [-0.3, -0.25) is 9.59 Å². The molecule has 0 radical (unpaired) electrons. The largest absolute Gasteiger partial charge is 0.445 e. The molecule has 1 aromatic rings. The summed E-state index contributed by atoms with van der Waals surface area (Å²) in [6, 6.07) is -0.0934. The van der Waals surface area contributed by atoms with E-state index < -0.39 is 18.0 Å². The molecule has 0 aromatic carbocycles. The van der Waals surface area contributed by atoms with Gasteiger partial charge in [0.05, 0.1) is 23.0 Å². The van der Waals surface area contributed by atoms with Gasteiger partial charge in [-0.05, 0) is 14.0 Å². The second-order valence-corrected chi connectivity index (χ2v) is 6.05. The Hall–Kier alpha value is -2.65. The minimum atomic E-state index is -0.972. The highest BCUT2D eigenvalue weighted by atomic mass is 16.5. The molecule has 134 valence electrons. The van der Waals surface area contributed by atoms with E-state index in [1.807, 2.05) is 0 Å². The molecular formula is C16H20N4O5. The summed E-state index contributed by atoms with van der Waals surface area (Å²) in [4.78, 5) is 36.5. The molecule has 0 bridgehead atoms. The number of ether oxygens (including phenoxy) is 2. The zero-order valence-corrected chi connectivity index (χ0v) is 14.2. The van der Waals surface area contributed by atoms with Crippen molar-refractivity contribution in [3.05, 3.63) is 33.8 Å². The van der Waals surface area contributed by atoms with Gasteiger partial charge in [0.25, 0.3) is 0 Å². The summed E-state index contributed by atoms with van der Waals surface area (Å²) in [7, 11) is 3.32. The molecule has 0 spiro atoms. The third kappa shape index (κ3) is 2.35. The Kier molecular flexibility index (Phi) is 4.13. The number of ketones is 2. The SMILES string of the molecule is CN[C@H]1Cn2c3c(c(COC(N)=O)c2[C@H]1OC)C(=O)C(N)=C(C)C3=O. The van der Waals surface area contributed by atoms with E-state index in [2.05, 4.69) is 5.32 Å². The highest BCUT2D eigenvalue weighted by molar-refractivity contribution is 6.26. The van der Waals surface area contributed by atoms with Crippen LogP contribution in [0.4, 0.5) is 4.79 Å². The number of primary amides is 1. The van der Waals surface area contributed by atoms with Gasteiger partial charge >= 0.3 is 6.09 Å². The van der Waals surface area contributed by atoms with Crippen molar-refractivity contribution in [1.29, 1.82) is 0 Å². The monoisotopic (exact) mass is 348 g/mol. The third-order valence-electron chi connectivity index (χ3n) is 4.84. The lowest BCUT2D eigenvalue weighted by Gasteiger charge is -2.20. The van der Waals surface area contributed by atoms with Gasteiger partial charge < -0.3 is 30.8 Å². The van der Waals surface area contributed by atoms with Crippen LogP contribution in [-0.4, -0.2) is 42.4 Å². The van der Waals surface area contributed by atoms with E-state index in [1.54, 1.807) is 11.6 Å². The number of allylic oxidation sites excluding steroid dienone is 2. The first-order valence-electron chi connectivity index (χ1n) is 7.76. The van der Waals surface area contributed by atoms with E-state index in [1.165, 1.54) is 14.0 Å². The Morgan fingerprint density at radius 2 is 2.04 bits per heavy atom. The molecule has 1 aliphatic carbocycles. The number of rotatable bonds is 4. The number of carbonyl (C=O) groups excluding carboxylic acids is 3. The lowest BCUT2D eigenvalue weighted by atomic mass is 9.89. The average Bonchev–Trinajstić information content (AvgIpc) is 3.09. The van der Waals surface area contributed by atoms with Crippen molar-refractivity contribution in [2.75, 3.05) is 14.2 Å². The summed E-state index contributed by atoms with van der Waals surface area (Å²) >= 11 is 0. The first-order valence-corrected chi connectivity index (χ1v) is 7.76. The Balaban J connectivity index is 2.24. The second-order valence-electron chi connectivity index (χ2n) is 6.05. The number of hydrogen-bond donors (Lipinski definition) is 3. The van der Waals surface area contributed by atoms with Crippen molar-refractivity contribution in [2.45, 2.75) is 32.2 Å². The number of aromatic nitrogens is 1. The predicted molar refractivity (Wildman–Crippen MR) is 87.0 cm³/mol. The Bertz CT molecular complexity index is 823. The maximum atomic E-state index is 12.8. The Morgan fingerprint density at radius 1 is 1.36 bits per heavy atom. The molecule has 1 amide bonds. The van der Waals surface area contributed by atoms with Gasteiger partial charge in [-0.2, -0.15) is 0 Å². The predicted octanol–water partition coefficient (Wildman–Crippen LogP) is -0.0158. The normalized spacial score (nSPS) is 22.2. The average molecular weight is 348 g/mol. The van der Waals surface area contributed by atoms with Crippen LogP contribution in [0.3, 0.4) is 0 Å². The molecule has 0 fully saturated rings. The topological polar surface area (TPSA) is 139 Å². The van der Waals surface area contributed by atoms with Gasteiger partial charge in [0.15, 0.2) is 0 Å². The third-order valence-corrected chi connectivity index (χ3v) is 4.84. The van der Waals surface area contributed by atoms with E-state index >= 15 is 0 Å². The van der Waals surface area contributed by atoms with Crippen LogP contribution in [-0.2, 0) is 22.6 Å². The highest BCUT2D eigenvalue weighted by Crippen LogP contribution is 2.41. The fraction of sp³-hybridized carbons (Fsp3) is 0.438. The number of methoxy groups -OCH3 is 1. The van der Waals surface area contributed by atoms with E-state index in [0.29, 0.717) is 17.8 Å². The summed E-state index contributed by atoms with van der Waals surface area (Å²) in [5.74, 6) is -0.766. The molecule has 9 nitrogen and oxygen atoms in total. The summed E-state index contributed by atoms with van der Waals surface area (Å²) in [6.07, 6.45) is -1.38. The zero-order valence-electron chi connectivity index (χ0n) is 14.2. The maximum Gasteiger partial charge on any atom is 0.404 e. The quantitative estimate of drug-likeness (QED) is 0.695. The molecule has 2 atom stereocenters. The molecule has 1 aromatic heterocycles. The van der Waals surface area contributed by atoms with Crippen molar-refractivity contribution < 1.29 is 23.9 Å². The van der Waals surface area contributed by atoms with Crippen molar-refractivity contribution >= 4 is 17.7 Å². The molecule has 2 heterocycles. The van der Waals surface area contributed by atoms with Gasteiger partial charge in [-0.15, -0.1) is 0 Å². The van der Waals surface area contributed by atoms with Crippen LogP contribution in [0.2, 0.25) is 0 Å². The zero-order chi connectivity index (χ0) is 18.5. The van der Waals surface area contributed by atoms with E-state index in [-0.39, 0.29) is 41.0 Å². The highest BCUT2D eigenvalue weighted by Gasteiger charge is 2.44. The van der Waals surface area contributed by atoms with Gasteiger partial charge in [0.2, 0.25) is 11.6 Å². The van der Waals surface area contributed by atoms with E-state index in [4.69, 9.17) is 20.9 Å². The minimum Gasteiger partial charge on any atom is -0.445 e. The first kappa shape index (κ1) is 17.2. The lowest BCUT2D eigenvalue weighted by Crippen LogP contribution is -2.33. The molecule has 5 N–H and O–H groups in total. The fourth-order valence-corrected chi connectivity index (χ4v) is 3.58. The first-order chi connectivity index (χ1) is 11.8. The number of amides is 1. The van der Waals surface area contributed by atoms with Gasteiger partial charge in [0, 0.05) is 24.8 Å². The molecule has 0 saturated heterocycles. The number of likely N-dealkylation sites (N-methyl/N-ethyl adjacent to an activating group) is 1.